The molecule has 0 fully saturated rings. The molecule has 1 N–H and O–H groups in total. The summed E-state index contributed by atoms with van der Waals surface area (Å²) in [5.74, 6) is 0.679. The summed E-state index contributed by atoms with van der Waals surface area (Å²) >= 11 is 0. The third-order valence-electron chi connectivity index (χ3n) is 2.53. The van der Waals surface area contributed by atoms with Crippen LogP contribution in [0.3, 0.4) is 0 Å². The Kier molecular flexibility index (Phi) is 3.51. The molecule has 0 saturated heterocycles. The average molecular weight is 232 g/mol. The zero-order chi connectivity index (χ0) is 11.6. The van der Waals surface area contributed by atoms with Gasteiger partial charge in [-0.15, -0.1) is 0 Å². The lowest BCUT2D eigenvalue weighted by Crippen LogP contribution is -2.33. The molecule has 0 amide bonds. The summed E-state index contributed by atoms with van der Waals surface area (Å²) in [4.78, 5) is 4.03. The maximum atomic E-state index is 11.2. The highest BCUT2D eigenvalue weighted by molar-refractivity contribution is 7.91. The Balaban J connectivity index is 2.72. The second-order valence-corrected chi connectivity index (χ2v) is 6.16. The normalized spacial score (nSPS) is 16.3. The minimum Gasteiger partial charge on any atom is -0.391 e. The van der Waals surface area contributed by atoms with E-state index in [1.165, 1.54) is 6.92 Å². The van der Waals surface area contributed by atoms with E-state index in [4.69, 9.17) is 0 Å². The number of sulfone groups is 1. The van der Waals surface area contributed by atoms with E-state index in [1.807, 2.05) is 0 Å². The maximum Gasteiger partial charge on any atom is 0.152 e. The summed E-state index contributed by atoms with van der Waals surface area (Å²) in [6, 6.07) is 0. The molecule has 0 aliphatic heterocycles. The molecule has 6 heteroatoms. The van der Waals surface area contributed by atoms with Gasteiger partial charge in [-0.1, -0.05) is 0 Å². The van der Waals surface area contributed by atoms with E-state index in [2.05, 4.69) is 4.98 Å². The molecule has 1 aromatic rings. The molecule has 1 aromatic heterocycles. The first-order valence-electron chi connectivity index (χ1n) is 4.65. The number of aryl methyl sites for hydroxylation is 1. The molecule has 0 aromatic carbocycles. The number of imidazole rings is 1. The van der Waals surface area contributed by atoms with Crippen LogP contribution in [0.1, 0.15) is 12.7 Å². The van der Waals surface area contributed by atoms with Gasteiger partial charge in [-0.3, -0.25) is 0 Å². The van der Waals surface area contributed by atoms with Crippen LogP contribution < -0.4 is 0 Å². The Morgan fingerprint density at radius 1 is 1.60 bits per heavy atom. The van der Waals surface area contributed by atoms with Crippen molar-refractivity contribution in [3.8, 4) is 0 Å². The summed E-state index contributed by atoms with van der Waals surface area (Å²) in [5, 5.41) is 8.95. The van der Waals surface area contributed by atoms with Gasteiger partial charge in [0, 0.05) is 32.1 Å². The Hall–Kier alpha value is -0.880. The van der Waals surface area contributed by atoms with Crippen molar-refractivity contribution in [1.82, 2.24) is 9.55 Å². The fourth-order valence-electron chi connectivity index (χ4n) is 1.23. The van der Waals surface area contributed by atoms with Crippen molar-refractivity contribution < 1.29 is 13.5 Å². The lowest BCUT2D eigenvalue weighted by molar-refractivity contribution is 0.170. The van der Waals surface area contributed by atoms with Crippen molar-refractivity contribution in [2.24, 2.45) is 7.05 Å². The number of hydrogen-bond acceptors (Lipinski definition) is 4. The van der Waals surface area contributed by atoms with Gasteiger partial charge in [0.1, 0.15) is 5.82 Å². The highest BCUT2D eigenvalue weighted by Crippen LogP contribution is 2.09. The minimum atomic E-state index is -3.21. The predicted octanol–water partition coefficient (Wildman–Crippen LogP) is -0.243. The number of aliphatic hydroxyl groups excluding tert-OH is 1. The molecular formula is C9H16N2O3S. The van der Waals surface area contributed by atoms with Crippen LogP contribution in [0.15, 0.2) is 12.4 Å². The van der Waals surface area contributed by atoms with Gasteiger partial charge in [-0.2, -0.15) is 0 Å². The van der Waals surface area contributed by atoms with E-state index in [1.54, 1.807) is 24.0 Å². The molecule has 0 saturated carbocycles. The van der Waals surface area contributed by atoms with Crippen LogP contribution in [0.4, 0.5) is 0 Å². The SMILES string of the molecule is CC(C(O)Cc1nccn1C)S(C)(=O)=O. The minimum absolute atomic E-state index is 0.248. The van der Waals surface area contributed by atoms with Crippen molar-refractivity contribution in [1.29, 1.82) is 0 Å². The lowest BCUT2D eigenvalue weighted by Gasteiger charge is -2.16. The van der Waals surface area contributed by atoms with Crippen molar-refractivity contribution in [2.75, 3.05) is 6.26 Å². The van der Waals surface area contributed by atoms with E-state index >= 15 is 0 Å². The zero-order valence-corrected chi connectivity index (χ0v) is 9.90. The van der Waals surface area contributed by atoms with Crippen LogP contribution >= 0.6 is 0 Å². The second-order valence-electron chi connectivity index (χ2n) is 3.76. The molecule has 0 spiro atoms. The molecular weight excluding hydrogens is 216 g/mol. The highest BCUT2D eigenvalue weighted by Gasteiger charge is 2.25. The fourth-order valence-corrected chi connectivity index (χ4v) is 1.90. The summed E-state index contributed by atoms with van der Waals surface area (Å²) in [5.41, 5.74) is 0. The molecule has 5 nitrogen and oxygen atoms in total. The van der Waals surface area contributed by atoms with E-state index in [0.717, 1.165) is 6.26 Å². The van der Waals surface area contributed by atoms with E-state index in [9.17, 15) is 13.5 Å². The number of aromatic nitrogens is 2. The predicted molar refractivity (Wildman–Crippen MR) is 57.2 cm³/mol. The largest absolute Gasteiger partial charge is 0.391 e. The van der Waals surface area contributed by atoms with Crippen LogP contribution in [-0.4, -0.2) is 40.7 Å². The molecule has 0 bridgehead atoms. The van der Waals surface area contributed by atoms with Crippen LogP contribution in [0, 0.1) is 0 Å². The van der Waals surface area contributed by atoms with Crippen LogP contribution in [0.25, 0.3) is 0 Å². The molecule has 0 radical (unpaired) electrons. The third-order valence-corrected chi connectivity index (χ3v) is 4.19. The van der Waals surface area contributed by atoms with Gasteiger partial charge < -0.3 is 9.67 Å². The summed E-state index contributed by atoms with van der Waals surface area (Å²) in [6.07, 6.45) is 3.83. The van der Waals surface area contributed by atoms with Crippen LogP contribution in [0.2, 0.25) is 0 Å². The number of rotatable bonds is 4. The summed E-state index contributed by atoms with van der Waals surface area (Å²) < 4.78 is 24.2. The first-order chi connectivity index (χ1) is 6.82. The fraction of sp³-hybridized carbons (Fsp3) is 0.667. The van der Waals surface area contributed by atoms with Gasteiger partial charge in [0.05, 0.1) is 11.4 Å². The van der Waals surface area contributed by atoms with E-state index in [-0.39, 0.29) is 6.42 Å². The summed E-state index contributed by atoms with van der Waals surface area (Å²) in [7, 11) is -1.40. The molecule has 86 valence electrons. The van der Waals surface area contributed by atoms with Gasteiger partial charge >= 0.3 is 0 Å². The topological polar surface area (TPSA) is 72.2 Å². The van der Waals surface area contributed by atoms with Crippen LogP contribution in [0.5, 0.6) is 0 Å². The number of aliphatic hydroxyl groups is 1. The van der Waals surface area contributed by atoms with E-state index < -0.39 is 21.2 Å². The van der Waals surface area contributed by atoms with Crippen molar-refractivity contribution in [3.05, 3.63) is 18.2 Å². The lowest BCUT2D eigenvalue weighted by atomic mass is 10.2. The molecule has 1 rings (SSSR count). The highest BCUT2D eigenvalue weighted by atomic mass is 32.2. The smallest absolute Gasteiger partial charge is 0.152 e. The van der Waals surface area contributed by atoms with Gasteiger partial charge in [0.15, 0.2) is 9.84 Å². The third kappa shape index (κ3) is 3.04. The maximum absolute atomic E-state index is 11.2. The molecule has 0 aliphatic rings. The van der Waals surface area contributed by atoms with Gasteiger partial charge in [-0.25, -0.2) is 13.4 Å². The second kappa shape index (κ2) is 4.32. The molecule has 2 atom stereocenters. The average Bonchev–Trinajstić information content (AvgIpc) is 2.49. The van der Waals surface area contributed by atoms with Crippen molar-refractivity contribution in [3.63, 3.8) is 0 Å². The Morgan fingerprint density at radius 3 is 2.60 bits per heavy atom. The van der Waals surface area contributed by atoms with Gasteiger partial charge in [0.2, 0.25) is 0 Å². The van der Waals surface area contributed by atoms with Crippen molar-refractivity contribution in [2.45, 2.75) is 24.7 Å². The standard InChI is InChI=1S/C9H16N2O3S/c1-7(15(3,13)14)8(12)6-9-10-4-5-11(9)2/h4-5,7-8,12H,6H2,1-3H3. The zero-order valence-electron chi connectivity index (χ0n) is 9.08. The molecule has 2 unspecified atom stereocenters. The first kappa shape index (κ1) is 12.2. The number of hydrogen-bond donors (Lipinski definition) is 1. The van der Waals surface area contributed by atoms with Crippen LogP contribution in [-0.2, 0) is 23.3 Å². The monoisotopic (exact) mass is 232 g/mol. The van der Waals surface area contributed by atoms with Gasteiger partial charge in [-0.05, 0) is 6.92 Å². The molecule has 0 aliphatic carbocycles. The Labute approximate surface area is 89.7 Å². The number of nitrogens with zero attached hydrogens (tertiary/aromatic N) is 2. The first-order valence-corrected chi connectivity index (χ1v) is 6.61. The Morgan fingerprint density at radius 2 is 2.20 bits per heavy atom. The van der Waals surface area contributed by atoms with E-state index in [0.29, 0.717) is 5.82 Å². The Bertz CT molecular complexity index is 424. The summed E-state index contributed by atoms with van der Waals surface area (Å²) in [6.45, 7) is 1.50. The van der Waals surface area contributed by atoms with Gasteiger partial charge in [0.25, 0.3) is 0 Å². The molecule has 1 heterocycles. The quantitative estimate of drug-likeness (QED) is 0.777. The van der Waals surface area contributed by atoms with Crippen molar-refractivity contribution >= 4 is 9.84 Å². The molecule has 15 heavy (non-hydrogen) atoms.